The lowest BCUT2D eigenvalue weighted by Crippen LogP contribution is -2.15. The van der Waals surface area contributed by atoms with Crippen molar-refractivity contribution in [1.29, 1.82) is 0 Å². The number of anilines is 3. The molecule has 1 amide bonds. The molecule has 0 bridgehead atoms. The minimum atomic E-state index is -0.108. The van der Waals surface area contributed by atoms with E-state index in [-0.39, 0.29) is 11.7 Å². The van der Waals surface area contributed by atoms with Gasteiger partial charge >= 0.3 is 0 Å². The zero-order valence-corrected chi connectivity index (χ0v) is 18.6. The van der Waals surface area contributed by atoms with Gasteiger partial charge in [0.1, 0.15) is 0 Å². The molecule has 160 valence electrons. The Balaban J connectivity index is 1.68. The van der Waals surface area contributed by atoms with Crippen molar-refractivity contribution in [2.45, 2.75) is 45.2 Å². The lowest BCUT2D eigenvalue weighted by atomic mass is 9.99. The second kappa shape index (κ2) is 10.2. The molecule has 0 saturated carbocycles. The maximum Gasteiger partial charge on any atom is 0.261 e. The van der Waals surface area contributed by atoms with Gasteiger partial charge in [0.15, 0.2) is 5.16 Å². The van der Waals surface area contributed by atoms with Gasteiger partial charge in [0.05, 0.1) is 5.75 Å². The van der Waals surface area contributed by atoms with Crippen molar-refractivity contribution in [2.75, 3.05) is 34.8 Å². The lowest BCUT2D eigenvalue weighted by molar-refractivity contribution is -0.113. The number of nitrogens with zero attached hydrogens (tertiary/aromatic N) is 5. The van der Waals surface area contributed by atoms with Crippen molar-refractivity contribution in [2.24, 2.45) is 0 Å². The number of rotatable bonds is 10. The van der Waals surface area contributed by atoms with Crippen LogP contribution in [0.25, 0.3) is 5.78 Å². The number of thioether (sulfide) groups is 1. The molecule has 0 aliphatic carbocycles. The van der Waals surface area contributed by atoms with Crippen molar-refractivity contribution in [3.63, 3.8) is 0 Å². The zero-order valence-electron chi connectivity index (χ0n) is 17.8. The SMILES string of the molecule is CCNc1nc(NCC)n2c(SCC(=O)Nc3ccc([C@H](C)CC)cc3)nnc2n1. The molecule has 0 aliphatic rings. The monoisotopic (exact) mass is 428 g/mol. The Hall–Kier alpha value is -2.88. The third kappa shape index (κ3) is 5.18. The first-order valence-electron chi connectivity index (χ1n) is 10.2. The van der Waals surface area contributed by atoms with Crippen LogP contribution in [-0.4, -0.2) is 49.3 Å². The summed E-state index contributed by atoms with van der Waals surface area (Å²) in [5.74, 6) is 2.11. The predicted octanol–water partition coefficient (Wildman–Crippen LogP) is 3.63. The van der Waals surface area contributed by atoms with E-state index >= 15 is 0 Å². The number of carbonyl (C=O) groups is 1. The largest absolute Gasteiger partial charge is 0.355 e. The first kappa shape index (κ1) is 21.8. The predicted molar refractivity (Wildman–Crippen MR) is 121 cm³/mol. The summed E-state index contributed by atoms with van der Waals surface area (Å²) in [6.07, 6.45) is 1.09. The first-order chi connectivity index (χ1) is 14.5. The quantitative estimate of drug-likeness (QED) is 0.420. The second-order valence-electron chi connectivity index (χ2n) is 6.82. The van der Waals surface area contributed by atoms with Gasteiger partial charge in [0.25, 0.3) is 5.78 Å². The average molecular weight is 429 g/mol. The van der Waals surface area contributed by atoms with Gasteiger partial charge in [-0.3, -0.25) is 4.79 Å². The highest BCUT2D eigenvalue weighted by Crippen LogP contribution is 2.23. The number of amides is 1. The molecule has 3 aromatic rings. The topological polar surface area (TPSA) is 109 Å². The van der Waals surface area contributed by atoms with Crippen LogP contribution in [0.3, 0.4) is 0 Å². The van der Waals surface area contributed by atoms with Gasteiger partial charge in [0, 0.05) is 18.8 Å². The minimum Gasteiger partial charge on any atom is -0.355 e. The van der Waals surface area contributed by atoms with Gasteiger partial charge in [-0.2, -0.15) is 9.97 Å². The Bertz CT molecular complexity index is 988. The summed E-state index contributed by atoms with van der Waals surface area (Å²) in [4.78, 5) is 21.3. The number of hydrogen-bond donors (Lipinski definition) is 3. The van der Waals surface area contributed by atoms with Crippen molar-refractivity contribution >= 4 is 41.0 Å². The second-order valence-corrected chi connectivity index (χ2v) is 7.76. The van der Waals surface area contributed by atoms with Gasteiger partial charge in [0.2, 0.25) is 17.8 Å². The molecule has 1 atom stereocenters. The van der Waals surface area contributed by atoms with Gasteiger partial charge < -0.3 is 16.0 Å². The first-order valence-corrected chi connectivity index (χ1v) is 11.2. The van der Waals surface area contributed by atoms with E-state index in [4.69, 9.17) is 0 Å². The van der Waals surface area contributed by atoms with E-state index in [1.165, 1.54) is 17.3 Å². The maximum atomic E-state index is 12.4. The zero-order chi connectivity index (χ0) is 21.5. The van der Waals surface area contributed by atoms with Crippen LogP contribution in [0.15, 0.2) is 29.4 Å². The average Bonchev–Trinajstić information content (AvgIpc) is 3.16. The van der Waals surface area contributed by atoms with Crippen molar-refractivity contribution in [3.05, 3.63) is 29.8 Å². The minimum absolute atomic E-state index is 0.108. The van der Waals surface area contributed by atoms with Gasteiger partial charge in [-0.25, -0.2) is 4.40 Å². The fourth-order valence-corrected chi connectivity index (χ4v) is 3.58. The third-order valence-electron chi connectivity index (χ3n) is 4.62. The van der Waals surface area contributed by atoms with E-state index in [2.05, 4.69) is 62.1 Å². The van der Waals surface area contributed by atoms with Crippen molar-refractivity contribution in [1.82, 2.24) is 24.6 Å². The number of aromatic nitrogens is 5. The van der Waals surface area contributed by atoms with Crippen LogP contribution in [0.2, 0.25) is 0 Å². The fourth-order valence-electron chi connectivity index (χ4n) is 2.86. The van der Waals surface area contributed by atoms with Crippen LogP contribution >= 0.6 is 11.8 Å². The number of fused-ring (bicyclic) bond motifs is 1. The highest BCUT2D eigenvalue weighted by atomic mass is 32.2. The highest BCUT2D eigenvalue weighted by molar-refractivity contribution is 7.99. The highest BCUT2D eigenvalue weighted by Gasteiger charge is 2.16. The Morgan fingerprint density at radius 1 is 1.07 bits per heavy atom. The molecule has 1 aromatic carbocycles. The molecular formula is C20H28N8OS. The van der Waals surface area contributed by atoms with Crippen LogP contribution in [0.4, 0.5) is 17.6 Å². The molecule has 3 rings (SSSR count). The van der Waals surface area contributed by atoms with Crippen LogP contribution in [-0.2, 0) is 4.79 Å². The third-order valence-corrected chi connectivity index (χ3v) is 5.55. The Kier molecular flexibility index (Phi) is 7.45. The number of nitrogens with one attached hydrogen (secondary N) is 3. The van der Waals surface area contributed by atoms with E-state index in [1.807, 2.05) is 26.0 Å². The van der Waals surface area contributed by atoms with Crippen molar-refractivity contribution < 1.29 is 4.79 Å². The normalized spacial score (nSPS) is 12.0. The summed E-state index contributed by atoms with van der Waals surface area (Å²) in [6.45, 7) is 9.71. The molecule has 0 saturated heterocycles. The molecule has 2 heterocycles. The molecular weight excluding hydrogens is 400 g/mol. The van der Waals surface area contributed by atoms with E-state index < -0.39 is 0 Å². The van der Waals surface area contributed by atoms with Crippen LogP contribution in [0, 0.1) is 0 Å². The molecule has 0 aliphatic heterocycles. The summed E-state index contributed by atoms with van der Waals surface area (Å²) in [5, 5.41) is 18.1. The Morgan fingerprint density at radius 2 is 1.80 bits per heavy atom. The standard InChI is InChI=1S/C20H28N8OS/c1-5-13(4)14-8-10-15(11-9-14)23-16(29)12-30-20-27-26-19-25-17(21-6-2)24-18(22-7-3)28(19)20/h8-11,13H,5-7,12H2,1-4H3,(H,23,29)(H2,21,22,24,25,26)/t13-/m1/s1. The number of hydrogen-bond acceptors (Lipinski definition) is 8. The van der Waals surface area contributed by atoms with Crippen LogP contribution < -0.4 is 16.0 Å². The maximum absolute atomic E-state index is 12.4. The summed E-state index contributed by atoms with van der Waals surface area (Å²) in [7, 11) is 0. The molecule has 0 radical (unpaired) electrons. The molecule has 2 aromatic heterocycles. The van der Waals surface area contributed by atoms with Crippen LogP contribution in [0.5, 0.6) is 0 Å². The Morgan fingerprint density at radius 3 is 2.47 bits per heavy atom. The van der Waals surface area contributed by atoms with E-state index in [9.17, 15) is 4.79 Å². The Labute approximate surface area is 180 Å². The van der Waals surface area contributed by atoms with Gasteiger partial charge in [-0.1, -0.05) is 37.7 Å². The summed E-state index contributed by atoms with van der Waals surface area (Å²) < 4.78 is 1.73. The lowest BCUT2D eigenvalue weighted by Gasteiger charge is -2.11. The van der Waals surface area contributed by atoms with Crippen LogP contribution in [0.1, 0.15) is 45.6 Å². The smallest absolute Gasteiger partial charge is 0.261 e. The van der Waals surface area contributed by atoms with E-state index in [0.29, 0.717) is 41.8 Å². The number of carbonyl (C=O) groups excluding carboxylic acids is 1. The van der Waals surface area contributed by atoms with E-state index in [0.717, 1.165) is 12.1 Å². The molecule has 30 heavy (non-hydrogen) atoms. The van der Waals surface area contributed by atoms with Gasteiger partial charge in [-0.15, -0.1) is 10.2 Å². The molecule has 9 nitrogen and oxygen atoms in total. The summed E-state index contributed by atoms with van der Waals surface area (Å²) >= 11 is 1.29. The number of benzene rings is 1. The summed E-state index contributed by atoms with van der Waals surface area (Å²) in [6, 6.07) is 8.00. The molecule has 3 N–H and O–H groups in total. The summed E-state index contributed by atoms with van der Waals surface area (Å²) in [5.41, 5.74) is 2.05. The molecule has 10 heteroatoms. The van der Waals surface area contributed by atoms with Crippen molar-refractivity contribution in [3.8, 4) is 0 Å². The molecule has 0 spiro atoms. The van der Waals surface area contributed by atoms with Gasteiger partial charge in [-0.05, 0) is 43.9 Å². The molecule has 0 fully saturated rings. The fraction of sp³-hybridized carbons (Fsp3) is 0.450. The van der Waals surface area contributed by atoms with E-state index in [1.54, 1.807) is 4.40 Å². The molecule has 0 unspecified atom stereocenters.